The van der Waals surface area contributed by atoms with Gasteiger partial charge in [-0.3, -0.25) is 9.89 Å². The van der Waals surface area contributed by atoms with Crippen molar-refractivity contribution < 1.29 is 9.21 Å². The maximum absolute atomic E-state index is 12.3. The van der Waals surface area contributed by atoms with Gasteiger partial charge in [0.05, 0.1) is 11.7 Å². The number of aromatic nitrogens is 4. The molecule has 2 heterocycles. The van der Waals surface area contributed by atoms with Crippen molar-refractivity contribution in [2.24, 2.45) is 0 Å². The van der Waals surface area contributed by atoms with E-state index in [2.05, 4.69) is 25.7 Å². The molecule has 0 aliphatic rings. The van der Waals surface area contributed by atoms with Crippen LogP contribution in [0.4, 0.5) is 0 Å². The van der Waals surface area contributed by atoms with Gasteiger partial charge in [-0.1, -0.05) is 18.2 Å². The van der Waals surface area contributed by atoms with E-state index in [1.807, 2.05) is 51.1 Å². The van der Waals surface area contributed by atoms with Gasteiger partial charge in [-0.05, 0) is 32.9 Å². The van der Waals surface area contributed by atoms with Crippen LogP contribution in [0, 0.1) is 13.8 Å². The number of aryl methyl sites for hydroxylation is 2. The van der Waals surface area contributed by atoms with Crippen LogP contribution in [0.15, 0.2) is 34.7 Å². The first kappa shape index (κ1) is 15.0. The van der Waals surface area contributed by atoms with Gasteiger partial charge in [0.15, 0.2) is 0 Å². The molecule has 0 aliphatic carbocycles. The van der Waals surface area contributed by atoms with Gasteiger partial charge >= 0.3 is 11.8 Å². The van der Waals surface area contributed by atoms with Crippen LogP contribution in [0.1, 0.15) is 40.6 Å². The lowest BCUT2D eigenvalue weighted by molar-refractivity contribution is 0.0905. The van der Waals surface area contributed by atoms with Crippen molar-refractivity contribution in [2.75, 3.05) is 0 Å². The quantitative estimate of drug-likeness (QED) is 0.772. The lowest BCUT2D eigenvalue weighted by atomic mass is 10.1. The second-order valence-electron chi connectivity index (χ2n) is 5.32. The number of nitrogens with one attached hydrogen (secondary N) is 2. The third-order valence-corrected chi connectivity index (χ3v) is 3.61. The lowest BCUT2D eigenvalue weighted by Crippen LogP contribution is -2.27. The maximum atomic E-state index is 12.3. The Labute approximate surface area is 133 Å². The summed E-state index contributed by atoms with van der Waals surface area (Å²) < 4.78 is 5.45. The molecule has 118 valence electrons. The zero-order valence-corrected chi connectivity index (χ0v) is 13.1. The predicted molar refractivity (Wildman–Crippen MR) is 83.7 cm³/mol. The van der Waals surface area contributed by atoms with Crippen LogP contribution in [-0.2, 0) is 0 Å². The molecule has 2 aromatic heterocycles. The van der Waals surface area contributed by atoms with Crippen molar-refractivity contribution in [1.29, 1.82) is 0 Å². The Hall–Kier alpha value is -2.96. The van der Waals surface area contributed by atoms with Crippen LogP contribution in [0.25, 0.3) is 11.5 Å². The van der Waals surface area contributed by atoms with Gasteiger partial charge in [-0.15, -0.1) is 10.2 Å². The van der Waals surface area contributed by atoms with Crippen LogP contribution in [0.5, 0.6) is 0 Å². The van der Waals surface area contributed by atoms with E-state index in [-0.39, 0.29) is 11.9 Å². The van der Waals surface area contributed by atoms with Gasteiger partial charge in [-0.25, -0.2) is 0 Å². The number of nitrogens with zero attached hydrogens (tertiary/aromatic N) is 3. The normalized spacial score (nSPS) is 12.1. The fourth-order valence-electron chi connectivity index (χ4n) is 2.54. The summed E-state index contributed by atoms with van der Waals surface area (Å²) in [6.07, 6.45) is 0. The molecule has 1 unspecified atom stereocenters. The van der Waals surface area contributed by atoms with E-state index < -0.39 is 5.91 Å². The molecule has 0 spiro atoms. The Morgan fingerprint density at radius 3 is 2.61 bits per heavy atom. The van der Waals surface area contributed by atoms with Crippen molar-refractivity contribution in [1.82, 2.24) is 25.7 Å². The third-order valence-electron chi connectivity index (χ3n) is 3.61. The fourth-order valence-corrected chi connectivity index (χ4v) is 2.54. The number of aromatic amines is 1. The summed E-state index contributed by atoms with van der Waals surface area (Å²) in [5.41, 5.74) is 3.51. The fraction of sp³-hybridized carbons (Fsp3) is 0.250. The van der Waals surface area contributed by atoms with E-state index in [0.717, 1.165) is 22.5 Å². The van der Waals surface area contributed by atoms with Gasteiger partial charge in [0, 0.05) is 16.8 Å². The zero-order chi connectivity index (χ0) is 16.4. The van der Waals surface area contributed by atoms with Crippen molar-refractivity contribution in [3.05, 3.63) is 53.2 Å². The largest absolute Gasteiger partial charge is 0.412 e. The molecule has 0 saturated carbocycles. The molecule has 1 aromatic carbocycles. The number of benzene rings is 1. The van der Waals surface area contributed by atoms with E-state index in [1.165, 1.54) is 0 Å². The SMILES string of the molecule is Cc1n[nH]c(C)c1C(C)NC(=O)c1nnc(-c2ccccc2)o1. The molecule has 0 fully saturated rings. The first-order chi connectivity index (χ1) is 11.1. The van der Waals surface area contributed by atoms with E-state index >= 15 is 0 Å². The van der Waals surface area contributed by atoms with Crippen LogP contribution in [-0.4, -0.2) is 26.3 Å². The number of carbonyl (C=O) groups is 1. The molecular weight excluding hydrogens is 294 g/mol. The number of H-pyrrole nitrogens is 1. The zero-order valence-electron chi connectivity index (χ0n) is 13.1. The number of rotatable bonds is 4. The Morgan fingerprint density at radius 1 is 1.22 bits per heavy atom. The Balaban J connectivity index is 1.76. The van der Waals surface area contributed by atoms with Gasteiger partial charge in [0.1, 0.15) is 0 Å². The third kappa shape index (κ3) is 2.98. The Bertz CT molecular complexity index is 803. The van der Waals surface area contributed by atoms with Crippen LogP contribution in [0.2, 0.25) is 0 Å². The minimum Gasteiger partial charge on any atom is -0.412 e. The minimum atomic E-state index is -0.410. The smallest absolute Gasteiger partial charge is 0.309 e. The van der Waals surface area contributed by atoms with Crippen molar-refractivity contribution >= 4 is 5.91 Å². The van der Waals surface area contributed by atoms with Gasteiger partial charge in [-0.2, -0.15) is 5.10 Å². The molecule has 2 N–H and O–H groups in total. The molecule has 0 aliphatic heterocycles. The van der Waals surface area contributed by atoms with E-state index in [4.69, 9.17) is 4.42 Å². The lowest BCUT2D eigenvalue weighted by Gasteiger charge is -2.12. The summed E-state index contributed by atoms with van der Waals surface area (Å²) in [5, 5.41) is 17.6. The summed E-state index contributed by atoms with van der Waals surface area (Å²) >= 11 is 0. The molecule has 0 radical (unpaired) electrons. The van der Waals surface area contributed by atoms with E-state index in [1.54, 1.807) is 0 Å². The summed E-state index contributed by atoms with van der Waals surface area (Å²) in [6, 6.07) is 9.10. The second kappa shape index (κ2) is 6.04. The molecule has 3 rings (SSSR count). The minimum absolute atomic E-state index is 0.0606. The van der Waals surface area contributed by atoms with Crippen LogP contribution in [0.3, 0.4) is 0 Å². The van der Waals surface area contributed by atoms with Crippen molar-refractivity contribution in [3.8, 4) is 11.5 Å². The summed E-state index contributed by atoms with van der Waals surface area (Å²) in [6.45, 7) is 5.69. The van der Waals surface area contributed by atoms with Gasteiger partial charge in [0.2, 0.25) is 5.89 Å². The summed E-state index contributed by atoms with van der Waals surface area (Å²) in [5.74, 6) is -0.152. The molecular formula is C16H17N5O2. The predicted octanol–water partition coefficient (Wildman–Crippen LogP) is 2.57. The van der Waals surface area contributed by atoms with E-state index in [0.29, 0.717) is 5.89 Å². The van der Waals surface area contributed by atoms with Crippen LogP contribution < -0.4 is 5.32 Å². The molecule has 0 saturated heterocycles. The second-order valence-corrected chi connectivity index (χ2v) is 5.32. The number of hydrogen-bond donors (Lipinski definition) is 2. The van der Waals surface area contributed by atoms with Crippen molar-refractivity contribution in [2.45, 2.75) is 26.8 Å². The first-order valence-electron chi connectivity index (χ1n) is 7.27. The summed E-state index contributed by atoms with van der Waals surface area (Å²) in [7, 11) is 0. The van der Waals surface area contributed by atoms with Crippen molar-refractivity contribution in [3.63, 3.8) is 0 Å². The summed E-state index contributed by atoms with van der Waals surface area (Å²) in [4.78, 5) is 12.3. The van der Waals surface area contributed by atoms with Gasteiger partial charge in [0.25, 0.3) is 0 Å². The molecule has 7 heteroatoms. The highest BCUT2D eigenvalue weighted by molar-refractivity contribution is 5.90. The average molecular weight is 311 g/mol. The molecule has 7 nitrogen and oxygen atoms in total. The topological polar surface area (TPSA) is 96.7 Å². The number of amides is 1. The highest BCUT2D eigenvalue weighted by Crippen LogP contribution is 2.20. The monoisotopic (exact) mass is 311 g/mol. The molecule has 23 heavy (non-hydrogen) atoms. The molecule has 1 atom stereocenters. The molecule has 3 aromatic rings. The number of carbonyl (C=O) groups excluding carboxylic acids is 1. The maximum Gasteiger partial charge on any atom is 0.309 e. The highest BCUT2D eigenvalue weighted by atomic mass is 16.4. The first-order valence-corrected chi connectivity index (χ1v) is 7.27. The van der Waals surface area contributed by atoms with Gasteiger partial charge < -0.3 is 9.73 Å². The van der Waals surface area contributed by atoms with E-state index in [9.17, 15) is 4.79 Å². The Morgan fingerprint density at radius 2 is 1.96 bits per heavy atom. The standard InChI is InChI=1S/C16H17N5O2/c1-9(13-10(2)18-19-11(13)3)17-14(22)16-21-20-15(23-16)12-7-5-4-6-8-12/h4-9H,1-3H3,(H,17,22)(H,18,19). The number of hydrogen-bond acceptors (Lipinski definition) is 5. The molecule has 0 bridgehead atoms. The Kier molecular flexibility index (Phi) is 3.92. The highest BCUT2D eigenvalue weighted by Gasteiger charge is 2.21. The van der Waals surface area contributed by atoms with Crippen LogP contribution >= 0.6 is 0 Å². The molecule has 1 amide bonds. The average Bonchev–Trinajstić information content (AvgIpc) is 3.15.